The maximum Gasteiger partial charge on any atom is 0.168 e. The Morgan fingerprint density at radius 3 is 2.60 bits per heavy atom. The highest BCUT2D eigenvalue weighted by molar-refractivity contribution is 5.43. The first-order valence-electron chi connectivity index (χ1n) is 9.06. The minimum absolute atomic E-state index is 0.290. The molecular weight excluding hydrogens is 318 g/mol. The fourth-order valence-electron chi connectivity index (χ4n) is 3.45. The average molecular weight is 347 g/mol. The van der Waals surface area contributed by atoms with Crippen LogP contribution in [0.15, 0.2) is 30.4 Å². The second-order valence-electron chi connectivity index (χ2n) is 6.99. The van der Waals surface area contributed by atoms with Gasteiger partial charge in [0.15, 0.2) is 17.3 Å². The van der Waals surface area contributed by atoms with E-state index in [1.165, 1.54) is 5.56 Å². The van der Waals surface area contributed by atoms with Crippen molar-refractivity contribution in [3.8, 4) is 11.5 Å². The Kier molecular flexibility index (Phi) is 5.99. The number of nitrogens with one attached hydrogen (secondary N) is 1. The second-order valence-corrected chi connectivity index (χ2v) is 6.99. The van der Waals surface area contributed by atoms with Gasteiger partial charge in [-0.15, -0.1) is 0 Å². The molecule has 0 amide bonds. The Hall–Kier alpha value is -1.56. The quantitative estimate of drug-likeness (QED) is 0.766. The summed E-state index contributed by atoms with van der Waals surface area (Å²) in [4.78, 5) is 0. The lowest BCUT2D eigenvalue weighted by molar-refractivity contribution is -0.179. The molecule has 1 heterocycles. The van der Waals surface area contributed by atoms with Crippen molar-refractivity contribution >= 4 is 0 Å². The van der Waals surface area contributed by atoms with Gasteiger partial charge in [0.25, 0.3) is 0 Å². The number of rotatable bonds is 7. The SMILES string of the molecule is C=C(C)COc1cc(CNC2CCC3(CC2)OCCO3)ccc1OC. The van der Waals surface area contributed by atoms with Gasteiger partial charge in [0.05, 0.1) is 20.3 Å². The molecule has 138 valence electrons. The molecule has 2 fully saturated rings. The fraction of sp³-hybridized carbons (Fsp3) is 0.600. The minimum atomic E-state index is -0.290. The van der Waals surface area contributed by atoms with E-state index in [1.807, 2.05) is 19.1 Å². The summed E-state index contributed by atoms with van der Waals surface area (Å²) in [5, 5.41) is 3.65. The molecule has 3 rings (SSSR count). The van der Waals surface area contributed by atoms with Crippen LogP contribution in [0.5, 0.6) is 11.5 Å². The zero-order chi connectivity index (χ0) is 17.7. The Bertz CT molecular complexity index is 585. The molecule has 2 aliphatic rings. The van der Waals surface area contributed by atoms with Crippen LogP contribution in [0.25, 0.3) is 0 Å². The van der Waals surface area contributed by atoms with E-state index in [0.717, 1.165) is 62.5 Å². The van der Waals surface area contributed by atoms with Crippen LogP contribution in [0.4, 0.5) is 0 Å². The lowest BCUT2D eigenvalue weighted by atomic mass is 9.90. The average Bonchev–Trinajstić information content (AvgIpc) is 3.07. The summed E-state index contributed by atoms with van der Waals surface area (Å²) in [7, 11) is 1.66. The zero-order valence-electron chi connectivity index (χ0n) is 15.3. The third-order valence-electron chi connectivity index (χ3n) is 4.86. The summed E-state index contributed by atoms with van der Waals surface area (Å²) in [6, 6.07) is 6.58. The summed E-state index contributed by atoms with van der Waals surface area (Å²) < 4.78 is 22.8. The summed E-state index contributed by atoms with van der Waals surface area (Å²) in [6.45, 7) is 8.60. The van der Waals surface area contributed by atoms with E-state index < -0.39 is 0 Å². The van der Waals surface area contributed by atoms with E-state index in [-0.39, 0.29) is 5.79 Å². The Balaban J connectivity index is 1.52. The first kappa shape index (κ1) is 18.2. The van der Waals surface area contributed by atoms with Crippen molar-refractivity contribution in [1.29, 1.82) is 0 Å². The van der Waals surface area contributed by atoms with Gasteiger partial charge >= 0.3 is 0 Å². The van der Waals surface area contributed by atoms with Crippen LogP contribution in [-0.4, -0.2) is 38.8 Å². The van der Waals surface area contributed by atoms with E-state index in [2.05, 4.69) is 18.0 Å². The van der Waals surface area contributed by atoms with E-state index in [0.29, 0.717) is 12.6 Å². The Morgan fingerprint density at radius 1 is 1.24 bits per heavy atom. The first-order chi connectivity index (χ1) is 12.1. The molecule has 1 aromatic carbocycles. The van der Waals surface area contributed by atoms with Gasteiger partial charge in [0, 0.05) is 25.4 Å². The smallest absolute Gasteiger partial charge is 0.168 e. The molecule has 0 aromatic heterocycles. The van der Waals surface area contributed by atoms with Gasteiger partial charge in [0.1, 0.15) is 6.61 Å². The van der Waals surface area contributed by atoms with E-state index >= 15 is 0 Å². The van der Waals surface area contributed by atoms with Crippen molar-refractivity contribution in [3.63, 3.8) is 0 Å². The van der Waals surface area contributed by atoms with Crippen molar-refractivity contribution in [3.05, 3.63) is 35.9 Å². The Labute approximate surface area is 150 Å². The third kappa shape index (κ3) is 4.75. The van der Waals surface area contributed by atoms with Gasteiger partial charge in [-0.25, -0.2) is 0 Å². The largest absolute Gasteiger partial charge is 0.493 e. The van der Waals surface area contributed by atoms with Gasteiger partial charge in [0.2, 0.25) is 0 Å². The van der Waals surface area contributed by atoms with E-state index in [1.54, 1.807) is 7.11 Å². The molecule has 1 aliphatic heterocycles. The highest BCUT2D eigenvalue weighted by Gasteiger charge is 2.40. The molecule has 0 unspecified atom stereocenters. The van der Waals surface area contributed by atoms with Crippen molar-refractivity contribution in [2.45, 2.75) is 51.0 Å². The molecule has 1 saturated heterocycles. The predicted molar refractivity (Wildman–Crippen MR) is 97.0 cm³/mol. The molecule has 0 bridgehead atoms. The van der Waals surface area contributed by atoms with Crippen molar-refractivity contribution in [2.75, 3.05) is 26.9 Å². The monoisotopic (exact) mass is 347 g/mol. The molecule has 1 aliphatic carbocycles. The highest BCUT2D eigenvalue weighted by Crippen LogP contribution is 2.36. The maximum absolute atomic E-state index is 5.80. The minimum Gasteiger partial charge on any atom is -0.493 e. The zero-order valence-corrected chi connectivity index (χ0v) is 15.3. The summed E-state index contributed by atoms with van der Waals surface area (Å²) in [6.07, 6.45) is 4.10. The number of benzene rings is 1. The lowest BCUT2D eigenvalue weighted by Gasteiger charge is -2.35. The standard InChI is InChI=1S/C20H29NO4/c1-15(2)14-23-19-12-16(4-5-18(19)22-3)13-21-17-6-8-20(9-7-17)24-10-11-25-20/h4-5,12,17,21H,1,6-11,13-14H2,2-3H3. The van der Waals surface area contributed by atoms with Crippen molar-refractivity contribution in [1.82, 2.24) is 5.32 Å². The topological polar surface area (TPSA) is 49.0 Å². The molecular formula is C20H29NO4. The van der Waals surface area contributed by atoms with Crippen LogP contribution >= 0.6 is 0 Å². The van der Waals surface area contributed by atoms with Crippen LogP contribution in [-0.2, 0) is 16.0 Å². The highest BCUT2D eigenvalue weighted by atomic mass is 16.7. The molecule has 1 saturated carbocycles. The number of methoxy groups -OCH3 is 1. The van der Waals surface area contributed by atoms with Gasteiger partial charge in [-0.2, -0.15) is 0 Å². The maximum atomic E-state index is 5.80. The predicted octanol–water partition coefficient (Wildman–Crippen LogP) is 3.43. The van der Waals surface area contributed by atoms with Crippen LogP contribution in [0.1, 0.15) is 38.2 Å². The van der Waals surface area contributed by atoms with Crippen LogP contribution in [0.3, 0.4) is 0 Å². The van der Waals surface area contributed by atoms with Crippen molar-refractivity contribution in [2.24, 2.45) is 0 Å². The third-order valence-corrected chi connectivity index (χ3v) is 4.86. The molecule has 1 aromatic rings. The van der Waals surface area contributed by atoms with Crippen LogP contribution < -0.4 is 14.8 Å². The molecule has 25 heavy (non-hydrogen) atoms. The first-order valence-corrected chi connectivity index (χ1v) is 9.06. The normalized spacial score (nSPS) is 19.9. The lowest BCUT2D eigenvalue weighted by Crippen LogP contribution is -2.41. The molecule has 1 N–H and O–H groups in total. The van der Waals surface area contributed by atoms with Crippen LogP contribution in [0.2, 0.25) is 0 Å². The van der Waals surface area contributed by atoms with E-state index in [4.69, 9.17) is 18.9 Å². The molecule has 0 radical (unpaired) electrons. The van der Waals surface area contributed by atoms with Gasteiger partial charge < -0.3 is 24.3 Å². The molecule has 5 heteroatoms. The number of ether oxygens (including phenoxy) is 4. The van der Waals surface area contributed by atoms with E-state index in [9.17, 15) is 0 Å². The summed E-state index contributed by atoms with van der Waals surface area (Å²) >= 11 is 0. The summed E-state index contributed by atoms with van der Waals surface area (Å²) in [5.41, 5.74) is 2.17. The second kappa shape index (κ2) is 8.21. The fourth-order valence-corrected chi connectivity index (χ4v) is 3.45. The summed E-state index contributed by atoms with van der Waals surface area (Å²) in [5.74, 6) is 1.22. The number of hydrogen-bond donors (Lipinski definition) is 1. The molecule has 0 atom stereocenters. The van der Waals surface area contributed by atoms with Gasteiger partial charge in [-0.3, -0.25) is 0 Å². The van der Waals surface area contributed by atoms with Gasteiger partial charge in [-0.05, 0) is 43.0 Å². The number of hydrogen-bond acceptors (Lipinski definition) is 5. The van der Waals surface area contributed by atoms with Crippen LogP contribution in [0, 0.1) is 0 Å². The van der Waals surface area contributed by atoms with Crippen molar-refractivity contribution < 1.29 is 18.9 Å². The molecule has 5 nitrogen and oxygen atoms in total. The Morgan fingerprint density at radius 2 is 1.96 bits per heavy atom. The van der Waals surface area contributed by atoms with Gasteiger partial charge in [-0.1, -0.05) is 12.6 Å². The molecule has 1 spiro atoms.